The molecule has 472 valence electrons. The Balaban J connectivity index is 5.68. The van der Waals surface area contributed by atoms with Crippen molar-refractivity contribution in [1.29, 1.82) is 0 Å². The van der Waals surface area contributed by atoms with Crippen molar-refractivity contribution >= 4 is 47.8 Å². The molecule has 16 heteroatoms. The molecule has 0 aromatic rings. The highest BCUT2D eigenvalue weighted by molar-refractivity contribution is 5.72. The van der Waals surface area contributed by atoms with Crippen LogP contribution < -0.4 is 0 Å². The zero-order valence-electron chi connectivity index (χ0n) is 52.5. The lowest BCUT2D eigenvalue weighted by atomic mass is 9.92. The summed E-state index contributed by atoms with van der Waals surface area (Å²) in [6, 6.07) is 0. The van der Waals surface area contributed by atoms with Gasteiger partial charge in [-0.2, -0.15) is 0 Å². The van der Waals surface area contributed by atoms with Gasteiger partial charge in [-0.05, 0) is 126 Å². The molecule has 81 heavy (non-hydrogen) atoms. The van der Waals surface area contributed by atoms with Gasteiger partial charge in [0.05, 0.1) is 26.4 Å². The summed E-state index contributed by atoms with van der Waals surface area (Å²) in [5.41, 5.74) is -1.45. The Labute approximate surface area is 490 Å². The van der Waals surface area contributed by atoms with Crippen molar-refractivity contribution in [3.05, 3.63) is 0 Å². The zero-order valence-corrected chi connectivity index (χ0v) is 52.5. The van der Waals surface area contributed by atoms with E-state index >= 15 is 0 Å². The highest BCUT2D eigenvalue weighted by Gasteiger charge is 2.38. The van der Waals surface area contributed by atoms with Crippen LogP contribution in [0.5, 0.6) is 0 Å². The van der Waals surface area contributed by atoms with Crippen LogP contribution in [-0.2, 0) is 76.3 Å². The molecule has 0 bridgehead atoms. The van der Waals surface area contributed by atoms with Gasteiger partial charge < -0.3 is 37.9 Å². The summed E-state index contributed by atoms with van der Waals surface area (Å²) in [6.45, 7) is 17.0. The van der Waals surface area contributed by atoms with Gasteiger partial charge in [-0.1, -0.05) is 132 Å². The maximum Gasteiger partial charge on any atom is 0.305 e. The van der Waals surface area contributed by atoms with Gasteiger partial charge in [0.2, 0.25) is 0 Å². The maximum atomic E-state index is 13.2. The van der Waals surface area contributed by atoms with Crippen molar-refractivity contribution in [2.45, 2.75) is 287 Å². The van der Waals surface area contributed by atoms with E-state index in [1.165, 1.54) is 0 Å². The summed E-state index contributed by atoms with van der Waals surface area (Å²) in [5.74, 6) is -0.519. The zero-order chi connectivity index (χ0) is 60.2. The smallest absolute Gasteiger partial charge is 0.305 e. The Kier molecular flexibility index (Phi) is 49.8. The molecule has 0 aliphatic heterocycles. The molecule has 0 rings (SSSR count). The van der Waals surface area contributed by atoms with E-state index in [9.17, 15) is 38.4 Å². The lowest BCUT2D eigenvalue weighted by Gasteiger charge is -2.31. The first kappa shape index (κ1) is 76.8. The quantitative estimate of drug-likeness (QED) is 0.0315. The van der Waals surface area contributed by atoms with Crippen molar-refractivity contribution < 1.29 is 76.3 Å². The minimum atomic E-state index is -1.45. The van der Waals surface area contributed by atoms with Crippen molar-refractivity contribution in [1.82, 2.24) is 0 Å². The summed E-state index contributed by atoms with van der Waals surface area (Å²) >= 11 is 0. The normalized spacial score (nSPS) is 11.5. The fourth-order valence-corrected chi connectivity index (χ4v) is 8.69. The number of unbranched alkanes of at least 4 members (excludes halogenated alkanes) is 16. The number of ether oxygens (including phenoxy) is 8. The Bertz CT molecular complexity index is 1400. The largest absolute Gasteiger partial charge is 0.466 e. The maximum absolute atomic E-state index is 13.2. The standard InChI is InChI=1S/C65H116O16/c1-53(2)33-17-9-21-37-57(66)74-45-29-13-25-41-61(70)78-49-65(50-79-62(71)42-26-14-30-46-75-58(67)38-22-10-18-34-54(3)4,51-80-63(72)43-27-15-31-47-76-59(68)39-23-11-19-35-55(5)6)52-81-64(73)44-28-16-32-48-77-60(69)40-24-12-20-36-56(7)8/h53-56H,9-52H2,1-8H3. The van der Waals surface area contributed by atoms with Gasteiger partial charge in [0.1, 0.15) is 31.8 Å². The molecule has 0 spiro atoms. The summed E-state index contributed by atoms with van der Waals surface area (Å²) in [4.78, 5) is 102. The van der Waals surface area contributed by atoms with Gasteiger partial charge in [-0.25, -0.2) is 0 Å². The minimum absolute atomic E-state index is 0.0497. The van der Waals surface area contributed by atoms with E-state index in [1.807, 2.05) is 0 Å². The molecule has 0 aromatic heterocycles. The van der Waals surface area contributed by atoms with Gasteiger partial charge in [-0.15, -0.1) is 0 Å². The predicted octanol–water partition coefficient (Wildman–Crippen LogP) is 15.0. The molecule has 0 saturated heterocycles. The molecule has 0 aliphatic rings. The van der Waals surface area contributed by atoms with Crippen LogP contribution in [0.1, 0.15) is 287 Å². The van der Waals surface area contributed by atoms with Gasteiger partial charge in [0.15, 0.2) is 0 Å². The first-order valence-corrected chi connectivity index (χ1v) is 32.1. The lowest BCUT2D eigenvalue weighted by Crippen LogP contribution is -2.44. The number of carbonyl (C=O) groups is 8. The minimum Gasteiger partial charge on any atom is -0.466 e. The number of esters is 8. The highest BCUT2D eigenvalue weighted by atomic mass is 16.6. The second kappa shape index (κ2) is 52.6. The third-order valence-electron chi connectivity index (χ3n) is 14.0. The van der Waals surface area contributed by atoms with Gasteiger partial charge in [0, 0.05) is 51.4 Å². The second-order valence-electron chi connectivity index (χ2n) is 24.2. The first-order chi connectivity index (χ1) is 38.8. The van der Waals surface area contributed by atoms with E-state index < -0.39 is 29.3 Å². The monoisotopic (exact) mass is 1150 g/mol. The average molecular weight is 1150 g/mol. The van der Waals surface area contributed by atoms with E-state index in [0.29, 0.717) is 126 Å². The van der Waals surface area contributed by atoms with Crippen LogP contribution in [0.15, 0.2) is 0 Å². The Morgan fingerprint density at radius 1 is 0.222 bits per heavy atom. The van der Waals surface area contributed by atoms with Crippen LogP contribution in [0.2, 0.25) is 0 Å². The molecule has 0 saturated carbocycles. The molecule has 0 unspecified atom stereocenters. The average Bonchev–Trinajstić information content (AvgIpc) is 3.41. The Morgan fingerprint density at radius 2 is 0.383 bits per heavy atom. The van der Waals surface area contributed by atoms with Crippen LogP contribution in [0, 0.1) is 29.1 Å². The summed E-state index contributed by atoms with van der Waals surface area (Å²) in [5, 5.41) is 0. The van der Waals surface area contributed by atoms with E-state index in [0.717, 1.165) is 103 Å². The highest BCUT2D eigenvalue weighted by Crippen LogP contribution is 2.24. The molecule has 0 radical (unpaired) electrons. The van der Waals surface area contributed by atoms with Crippen LogP contribution in [0.3, 0.4) is 0 Å². The van der Waals surface area contributed by atoms with Crippen molar-refractivity contribution in [2.75, 3.05) is 52.9 Å². The lowest BCUT2D eigenvalue weighted by molar-refractivity contribution is -0.171. The summed E-state index contributed by atoms with van der Waals surface area (Å²) in [7, 11) is 0. The summed E-state index contributed by atoms with van der Waals surface area (Å²) < 4.78 is 44.7. The number of rotatable bonds is 56. The van der Waals surface area contributed by atoms with E-state index in [2.05, 4.69) is 55.4 Å². The van der Waals surface area contributed by atoms with Crippen molar-refractivity contribution in [3.63, 3.8) is 0 Å². The first-order valence-electron chi connectivity index (χ1n) is 32.1. The van der Waals surface area contributed by atoms with Crippen molar-refractivity contribution in [2.24, 2.45) is 29.1 Å². The molecule has 0 atom stereocenters. The third-order valence-corrected chi connectivity index (χ3v) is 14.0. The number of hydrogen-bond donors (Lipinski definition) is 0. The second-order valence-corrected chi connectivity index (χ2v) is 24.2. The van der Waals surface area contributed by atoms with Crippen LogP contribution in [-0.4, -0.2) is 101 Å². The molecular formula is C65H116O16. The molecule has 0 aromatic carbocycles. The van der Waals surface area contributed by atoms with Gasteiger partial charge in [0.25, 0.3) is 0 Å². The fraction of sp³-hybridized carbons (Fsp3) is 0.877. The molecule has 0 N–H and O–H groups in total. The third kappa shape index (κ3) is 53.5. The molecule has 0 heterocycles. The number of hydrogen-bond acceptors (Lipinski definition) is 16. The van der Waals surface area contributed by atoms with Crippen LogP contribution in [0.4, 0.5) is 0 Å². The predicted molar refractivity (Wildman–Crippen MR) is 316 cm³/mol. The fourth-order valence-electron chi connectivity index (χ4n) is 8.69. The summed E-state index contributed by atoms with van der Waals surface area (Å²) in [6.07, 6.45) is 24.4. The molecule has 16 nitrogen and oxygen atoms in total. The topological polar surface area (TPSA) is 210 Å². The molecule has 0 aliphatic carbocycles. The number of carbonyl (C=O) groups excluding carboxylic acids is 8. The Hall–Kier alpha value is -4.24. The van der Waals surface area contributed by atoms with Crippen LogP contribution >= 0.6 is 0 Å². The van der Waals surface area contributed by atoms with E-state index in [1.54, 1.807) is 0 Å². The molecule has 0 fully saturated rings. The Morgan fingerprint density at radius 3 is 0.556 bits per heavy atom. The van der Waals surface area contributed by atoms with Crippen LogP contribution in [0.25, 0.3) is 0 Å². The van der Waals surface area contributed by atoms with E-state index in [-0.39, 0.29) is 102 Å². The molecular weight excluding hydrogens is 1040 g/mol. The molecule has 0 amide bonds. The SMILES string of the molecule is CC(C)CCCCCC(=O)OCCCCCC(=O)OCC(COC(=O)CCCCCOC(=O)CCCCCC(C)C)(COC(=O)CCCCCOC(=O)CCCCCC(C)C)COC(=O)CCCCCOC(=O)CCCCCC(C)C. The van der Waals surface area contributed by atoms with Gasteiger partial charge in [-0.3, -0.25) is 38.4 Å². The van der Waals surface area contributed by atoms with Crippen molar-refractivity contribution in [3.8, 4) is 0 Å². The van der Waals surface area contributed by atoms with E-state index in [4.69, 9.17) is 37.9 Å². The van der Waals surface area contributed by atoms with Gasteiger partial charge >= 0.3 is 47.8 Å².